The number of carbonyl (C=O) groups excluding carboxylic acids is 2. The maximum Gasteiger partial charge on any atom is 0.409 e. The van der Waals surface area contributed by atoms with Crippen LogP contribution < -0.4 is 9.47 Å². The number of aryl methyl sites for hydroxylation is 1. The molecule has 0 bridgehead atoms. The average molecular weight is 710 g/mol. The molecule has 49 heavy (non-hydrogen) atoms. The third-order valence-electron chi connectivity index (χ3n) is 9.15. The van der Waals surface area contributed by atoms with Gasteiger partial charge in [0.15, 0.2) is 7.12 Å². The largest absolute Gasteiger partial charge is 0.507 e. The van der Waals surface area contributed by atoms with Gasteiger partial charge in [-0.3, -0.25) is 0 Å². The van der Waals surface area contributed by atoms with E-state index in [1.165, 1.54) is 33.3 Å². The molecular formula is C34H52BNO12S. The number of hydrogen-bond acceptors (Lipinski definition) is 13. The Kier molecular flexibility index (Phi) is 14.9. The van der Waals surface area contributed by atoms with E-state index in [0.717, 1.165) is 23.0 Å². The van der Waals surface area contributed by atoms with Gasteiger partial charge in [-0.15, -0.1) is 0 Å². The molecule has 0 radical (unpaired) electrons. The molecule has 13 nitrogen and oxygen atoms in total. The molecule has 1 aliphatic rings. The molecule has 3 rings (SSSR count). The lowest BCUT2D eigenvalue weighted by atomic mass is 9.91. The Morgan fingerprint density at radius 2 is 1.80 bits per heavy atom. The van der Waals surface area contributed by atoms with Gasteiger partial charge in [0.05, 0.1) is 25.7 Å². The third-order valence-corrected chi connectivity index (χ3v) is 10.1. The molecule has 1 aliphatic heterocycles. The first-order valence-corrected chi connectivity index (χ1v) is 17.4. The Bertz CT molecular complexity index is 1430. The number of rotatable bonds is 21. The summed E-state index contributed by atoms with van der Waals surface area (Å²) in [7, 11) is 10.9. The molecule has 3 atom stereocenters. The number of aromatic hydroxyl groups is 1. The number of hydrogen-bond donors (Lipinski definition) is 1. The van der Waals surface area contributed by atoms with Gasteiger partial charge in [0, 0.05) is 64.7 Å². The van der Waals surface area contributed by atoms with Gasteiger partial charge in [0.25, 0.3) is 5.79 Å². The summed E-state index contributed by atoms with van der Waals surface area (Å²) in [5.74, 6) is -0.746. The van der Waals surface area contributed by atoms with Crippen LogP contribution in [0.2, 0.25) is 0 Å². The van der Waals surface area contributed by atoms with Crippen molar-refractivity contribution in [2.75, 3.05) is 69.0 Å². The Morgan fingerprint density at radius 3 is 2.33 bits per heavy atom. The minimum Gasteiger partial charge on any atom is -0.507 e. The molecular weight excluding hydrogens is 657 g/mol. The third kappa shape index (κ3) is 8.24. The molecule has 0 saturated carbocycles. The topological polar surface area (TPSA) is 144 Å². The van der Waals surface area contributed by atoms with E-state index >= 15 is 0 Å². The molecule has 0 aliphatic carbocycles. The number of benzene rings is 2. The fourth-order valence-electron chi connectivity index (χ4n) is 5.94. The van der Waals surface area contributed by atoms with Gasteiger partial charge in [-0.1, -0.05) is 6.92 Å². The zero-order valence-electron chi connectivity index (χ0n) is 30.6. The van der Waals surface area contributed by atoms with Crippen molar-refractivity contribution in [3.05, 3.63) is 28.3 Å². The van der Waals surface area contributed by atoms with Crippen LogP contribution in [0.5, 0.6) is 17.2 Å². The molecule has 1 N–H and O–H groups in total. The van der Waals surface area contributed by atoms with E-state index in [2.05, 4.69) is 0 Å². The molecule has 2 aromatic rings. The molecule has 274 valence electrons. The van der Waals surface area contributed by atoms with Gasteiger partial charge in [-0.2, -0.15) is 0 Å². The summed E-state index contributed by atoms with van der Waals surface area (Å²) in [6, 6.07) is 1.94. The monoisotopic (exact) mass is 709 g/mol. The number of fused-ring (bicyclic) bond motifs is 1. The van der Waals surface area contributed by atoms with Crippen LogP contribution in [0, 0.1) is 20.8 Å². The molecule has 0 aromatic heterocycles. The molecule has 0 spiro atoms. The quantitative estimate of drug-likeness (QED) is 0.0660. The SMILES string of the molecule is BSC(C)COC(=O)N(C)CCOC(Oc1c(C)c(C)cc2c(OC)c(CCCC=O)c(C)c(O)c12)C1(C(OC)(OC)C(OC)OC)CO1. The van der Waals surface area contributed by atoms with Gasteiger partial charge >= 0.3 is 6.09 Å². The summed E-state index contributed by atoms with van der Waals surface area (Å²) in [6.45, 7) is 8.11. The average Bonchev–Trinajstić information content (AvgIpc) is 3.91. The van der Waals surface area contributed by atoms with E-state index in [4.69, 9.17) is 42.6 Å². The summed E-state index contributed by atoms with van der Waals surface area (Å²) in [5, 5.41) is 13.0. The summed E-state index contributed by atoms with van der Waals surface area (Å²) >= 11 is 1.60. The fraction of sp³-hybridized carbons (Fsp3) is 0.647. The van der Waals surface area contributed by atoms with Gasteiger partial charge < -0.3 is 57.4 Å². The second-order valence-corrected chi connectivity index (χ2v) is 13.3. The van der Waals surface area contributed by atoms with E-state index in [-0.39, 0.29) is 37.4 Å². The van der Waals surface area contributed by atoms with Gasteiger partial charge in [-0.05, 0) is 56.4 Å². The highest BCUT2D eigenvalue weighted by Gasteiger charge is 2.74. The van der Waals surface area contributed by atoms with Crippen LogP contribution in [-0.4, -0.2) is 128 Å². The maximum atomic E-state index is 12.7. The standard InChI is InChI=1S/C34H52BNO12S/c1-20-17-25-26(27(38)23(4)24(29(25)40-6)13-11-12-15-37)28(22(20)3)48-30(45-16-14-36(5)32(39)46-18-21(2)49-35)33(19-47-33)34(43-9,44-10)31(41-7)42-8/h15,17,21,30-31,38H,11-14,16,18-19,35H2,1-10H3. The molecule has 3 unspecified atom stereocenters. The van der Waals surface area contributed by atoms with E-state index in [9.17, 15) is 14.7 Å². The van der Waals surface area contributed by atoms with Crippen LogP contribution in [0.25, 0.3) is 10.8 Å². The van der Waals surface area contributed by atoms with E-state index < -0.39 is 30.1 Å². The van der Waals surface area contributed by atoms with Crippen molar-refractivity contribution in [1.29, 1.82) is 0 Å². The lowest BCUT2D eigenvalue weighted by molar-refractivity contribution is -0.371. The Morgan fingerprint density at radius 1 is 1.14 bits per heavy atom. The number of phenolic OH excluding ortho intramolecular Hbond substituents is 1. The van der Waals surface area contributed by atoms with Gasteiger partial charge in [-0.25, -0.2) is 16.4 Å². The number of amides is 1. The number of likely N-dealkylation sites (N-methyl/N-ethyl adjacent to an activating group) is 1. The van der Waals surface area contributed by atoms with Crippen LogP contribution in [0.4, 0.5) is 4.79 Å². The zero-order valence-corrected chi connectivity index (χ0v) is 31.4. The molecule has 1 amide bonds. The molecule has 1 fully saturated rings. The smallest absolute Gasteiger partial charge is 0.409 e. The number of methoxy groups -OCH3 is 5. The van der Waals surface area contributed by atoms with E-state index in [1.807, 2.05) is 40.9 Å². The summed E-state index contributed by atoms with van der Waals surface area (Å²) in [6.07, 6.45) is -0.392. The highest BCUT2D eigenvalue weighted by Crippen LogP contribution is 2.51. The van der Waals surface area contributed by atoms with Crippen LogP contribution in [-0.2, 0) is 44.4 Å². The number of epoxide rings is 1. The Balaban J connectivity index is 2.14. The first-order valence-electron chi connectivity index (χ1n) is 16.1. The van der Waals surface area contributed by atoms with Crippen LogP contribution in [0.3, 0.4) is 0 Å². The highest BCUT2D eigenvalue weighted by atomic mass is 32.2. The van der Waals surface area contributed by atoms with Crippen molar-refractivity contribution in [3.8, 4) is 17.2 Å². The van der Waals surface area contributed by atoms with Crippen molar-refractivity contribution < 1.29 is 57.3 Å². The predicted octanol–water partition coefficient (Wildman–Crippen LogP) is 3.84. The Labute approximate surface area is 294 Å². The number of aldehydes is 1. The van der Waals surface area contributed by atoms with Crippen molar-refractivity contribution >= 4 is 41.9 Å². The minimum absolute atomic E-state index is 0.00556. The minimum atomic E-state index is -1.67. The van der Waals surface area contributed by atoms with Crippen LogP contribution in [0.1, 0.15) is 42.0 Å². The highest BCUT2D eigenvalue weighted by molar-refractivity contribution is 8.20. The lowest BCUT2D eigenvalue weighted by Gasteiger charge is -2.43. The molecule has 1 saturated heterocycles. The summed E-state index contributed by atoms with van der Waals surface area (Å²) in [4.78, 5) is 25.1. The van der Waals surface area contributed by atoms with Crippen LogP contribution >= 0.6 is 11.6 Å². The number of ether oxygens (including phenoxy) is 9. The van der Waals surface area contributed by atoms with Gasteiger partial charge in [0.2, 0.25) is 18.2 Å². The number of nitrogens with zero attached hydrogens (tertiary/aromatic N) is 1. The maximum absolute atomic E-state index is 12.7. The van der Waals surface area contributed by atoms with Gasteiger partial charge in [0.1, 0.15) is 30.1 Å². The zero-order chi connectivity index (χ0) is 36.5. The summed E-state index contributed by atoms with van der Waals surface area (Å²) in [5.41, 5.74) is 1.59. The number of phenols is 1. The lowest BCUT2D eigenvalue weighted by Crippen LogP contribution is -2.65. The number of unbranched alkanes of at least 4 members (excludes halogenated alkanes) is 1. The second-order valence-electron chi connectivity index (χ2n) is 12.0. The molecule has 1 heterocycles. The fourth-order valence-corrected chi connectivity index (χ4v) is 6.14. The first kappa shape index (κ1) is 40.6. The predicted molar refractivity (Wildman–Crippen MR) is 189 cm³/mol. The molecule has 15 heteroatoms. The van der Waals surface area contributed by atoms with Crippen molar-refractivity contribution in [1.82, 2.24) is 4.90 Å². The summed E-state index contributed by atoms with van der Waals surface area (Å²) < 4.78 is 53.9. The van der Waals surface area contributed by atoms with E-state index in [1.54, 1.807) is 25.8 Å². The van der Waals surface area contributed by atoms with Crippen molar-refractivity contribution in [3.63, 3.8) is 0 Å². The Hall–Kier alpha value is -2.79. The van der Waals surface area contributed by atoms with Crippen molar-refractivity contribution in [2.24, 2.45) is 0 Å². The van der Waals surface area contributed by atoms with E-state index in [0.29, 0.717) is 47.1 Å². The van der Waals surface area contributed by atoms with Crippen molar-refractivity contribution in [2.45, 2.75) is 76.2 Å². The first-order chi connectivity index (χ1) is 23.4. The molecule has 2 aromatic carbocycles. The second kappa shape index (κ2) is 17.9. The number of carbonyl (C=O) groups is 2. The normalized spacial score (nSPS) is 17.2. The van der Waals surface area contributed by atoms with Crippen LogP contribution in [0.15, 0.2) is 6.07 Å².